The number of furan rings is 1. The Balaban J connectivity index is 1.68. The molecule has 1 saturated heterocycles. The van der Waals surface area contributed by atoms with Crippen LogP contribution in [0.15, 0.2) is 22.8 Å². The third-order valence-corrected chi connectivity index (χ3v) is 6.90. The van der Waals surface area contributed by atoms with Gasteiger partial charge in [-0.25, -0.2) is 8.42 Å². The third-order valence-electron chi connectivity index (χ3n) is 4.37. The van der Waals surface area contributed by atoms with Crippen LogP contribution in [-0.2, 0) is 14.6 Å². The van der Waals surface area contributed by atoms with E-state index in [4.69, 9.17) is 4.42 Å². The Morgan fingerprint density at radius 2 is 2.20 bits per heavy atom. The molecule has 2 fully saturated rings. The van der Waals surface area contributed by atoms with E-state index in [-0.39, 0.29) is 30.0 Å². The second-order valence-electron chi connectivity index (χ2n) is 6.30. The molecule has 0 N–H and O–H groups in total. The lowest BCUT2D eigenvalue weighted by Crippen LogP contribution is -2.55. The van der Waals surface area contributed by atoms with E-state index in [1.165, 1.54) is 0 Å². The van der Waals surface area contributed by atoms with Crippen molar-refractivity contribution >= 4 is 15.7 Å². The highest BCUT2D eigenvalue weighted by atomic mass is 32.2. The number of rotatable bonds is 2. The zero-order valence-electron chi connectivity index (χ0n) is 11.7. The zero-order valence-corrected chi connectivity index (χ0v) is 12.5. The van der Waals surface area contributed by atoms with Gasteiger partial charge in [0.05, 0.1) is 16.8 Å². The maximum Gasteiger partial charge on any atom is 0.226 e. The quantitative estimate of drug-likeness (QED) is 0.828. The average Bonchev–Trinajstić information content (AvgIpc) is 2.98. The number of hydrogen-bond acceptors (Lipinski definition) is 4. The topological polar surface area (TPSA) is 67.6 Å². The standard InChI is InChI=1S/C14H19NO4S/c1-14(2)9-15(5-7-20(14,17)18)13(16)11-8-10(11)12-4-3-6-19-12/h3-4,6,10-11H,5,7-9H2,1-2H3/t10-,11+/m1/s1. The van der Waals surface area contributed by atoms with Crippen molar-refractivity contribution in [3.63, 3.8) is 0 Å². The minimum absolute atomic E-state index is 0.0437. The first-order chi connectivity index (χ1) is 9.32. The van der Waals surface area contributed by atoms with Crippen LogP contribution in [0.3, 0.4) is 0 Å². The molecule has 1 aliphatic carbocycles. The van der Waals surface area contributed by atoms with Gasteiger partial charge in [-0.15, -0.1) is 0 Å². The average molecular weight is 297 g/mol. The number of amides is 1. The fraction of sp³-hybridized carbons (Fsp3) is 0.643. The van der Waals surface area contributed by atoms with Crippen LogP contribution in [0.2, 0.25) is 0 Å². The fourth-order valence-electron chi connectivity index (χ4n) is 2.85. The van der Waals surface area contributed by atoms with E-state index >= 15 is 0 Å². The van der Waals surface area contributed by atoms with E-state index in [2.05, 4.69) is 0 Å². The maximum atomic E-state index is 12.5. The summed E-state index contributed by atoms with van der Waals surface area (Å²) in [5.74, 6) is 1.10. The molecule has 6 heteroatoms. The summed E-state index contributed by atoms with van der Waals surface area (Å²) in [5.41, 5.74) is 0. The second-order valence-corrected chi connectivity index (χ2v) is 9.05. The van der Waals surface area contributed by atoms with Crippen molar-refractivity contribution in [1.29, 1.82) is 0 Å². The normalized spacial score (nSPS) is 31.0. The molecule has 5 nitrogen and oxygen atoms in total. The first kappa shape index (κ1) is 13.7. The molecule has 20 heavy (non-hydrogen) atoms. The van der Waals surface area contributed by atoms with Gasteiger partial charge >= 0.3 is 0 Å². The van der Waals surface area contributed by atoms with Crippen molar-refractivity contribution in [1.82, 2.24) is 4.90 Å². The van der Waals surface area contributed by atoms with Crippen molar-refractivity contribution in [2.24, 2.45) is 5.92 Å². The Morgan fingerprint density at radius 3 is 2.80 bits per heavy atom. The minimum Gasteiger partial charge on any atom is -0.469 e. The number of hydrogen-bond donors (Lipinski definition) is 0. The molecular formula is C14H19NO4S. The van der Waals surface area contributed by atoms with Crippen molar-refractivity contribution < 1.29 is 17.6 Å². The Hall–Kier alpha value is -1.30. The molecule has 1 aromatic heterocycles. The van der Waals surface area contributed by atoms with E-state index in [9.17, 15) is 13.2 Å². The maximum absolute atomic E-state index is 12.5. The fourth-order valence-corrected chi connectivity index (χ4v) is 4.22. The van der Waals surface area contributed by atoms with Crippen LogP contribution in [-0.4, -0.2) is 42.8 Å². The molecular weight excluding hydrogens is 278 g/mol. The third kappa shape index (κ3) is 2.16. The van der Waals surface area contributed by atoms with E-state index in [0.717, 1.165) is 12.2 Å². The number of carbonyl (C=O) groups is 1. The molecule has 1 saturated carbocycles. The van der Waals surface area contributed by atoms with Gasteiger partial charge in [-0.3, -0.25) is 4.79 Å². The van der Waals surface area contributed by atoms with Crippen LogP contribution in [0, 0.1) is 5.92 Å². The summed E-state index contributed by atoms with van der Waals surface area (Å²) in [6.07, 6.45) is 2.42. The predicted octanol–water partition coefficient (Wildman–Crippen LogP) is 1.42. The Morgan fingerprint density at radius 1 is 1.45 bits per heavy atom. The molecule has 0 spiro atoms. The van der Waals surface area contributed by atoms with Gasteiger partial charge in [0.2, 0.25) is 5.91 Å². The lowest BCUT2D eigenvalue weighted by molar-refractivity contribution is -0.133. The molecule has 1 aliphatic heterocycles. The first-order valence-electron chi connectivity index (χ1n) is 6.86. The Bertz CT molecular complexity index is 618. The molecule has 1 aromatic rings. The largest absolute Gasteiger partial charge is 0.469 e. The minimum atomic E-state index is -3.10. The molecule has 0 aromatic carbocycles. The lowest BCUT2D eigenvalue weighted by Gasteiger charge is -2.37. The molecule has 1 amide bonds. The van der Waals surface area contributed by atoms with Gasteiger partial charge in [-0.2, -0.15) is 0 Å². The Kier molecular flexibility index (Phi) is 2.97. The van der Waals surface area contributed by atoms with E-state index < -0.39 is 14.6 Å². The van der Waals surface area contributed by atoms with Crippen LogP contribution < -0.4 is 0 Å². The predicted molar refractivity (Wildman–Crippen MR) is 74.0 cm³/mol. The van der Waals surface area contributed by atoms with Gasteiger partial charge in [-0.1, -0.05) is 0 Å². The van der Waals surface area contributed by atoms with E-state index in [1.807, 2.05) is 12.1 Å². The number of sulfone groups is 1. The zero-order chi connectivity index (χ0) is 14.5. The van der Waals surface area contributed by atoms with E-state index in [0.29, 0.717) is 6.54 Å². The summed E-state index contributed by atoms with van der Waals surface area (Å²) in [5, 5.41) is 0. The van der Waals surface area contributed by atoms with Crippen LogP contribution in [0.5, 0.6) is 0 Å². The summed E-state index contributed by atoms with van der Waals surface area (Å²) < 4.78 is 28.4. The van der Waals surface area contributed by atoms with Gasteiger partial charge < -0.3 is 9.32 Å². The number of nitrogens with zero attached hydrogens (tertiary/aromatic N) is 1. The van der Waals surface area contributed by atoms with E-state index in [1.54, 1.807) is 25.0 Å². The number of carbonyl (C=O) groups excluding carboxylic acids is 1. The van der Waals surface area contributed by atoms with Gasteiger partial charge in [-0.05, 0) is 32.4 Å². The molecule has 0 unspecified atom stereocenters. The lowest BCUT2D eigenvalue weighted by atomic mass is 10.1. The Labute approximate surface area is 118 Å². The van der Waals surface area contributed by atoms with Gasteiger partial charge in [0.15, 0.2) is 9.84 Å². The molecule has 2 atom stereocenters. The summed E-state index contributed by atoms with van der Waals surface area (Å²) >= 11 is 0. The summed E-state index contributed by atoms with van der Waals surface area (Å²) in [6.45, 7) is 3.98. The highest BCUT2D eigenvalue weighted by Gasteiger charge is 2.50. The highest BCUT2D eigenvalue weighted by Crippen LogP contribution is 2.49. The molecule has 110 valence electrons. The van der Waals surface area contributed by atoms with Gasteiger partial charge in [0.25, 0.3) is 0 Å². The summed E-state index contributed by atoms with van der Waals surface area (Å²) in [6, 6.07) is 3.72. The molecule has 2 aliphatic rings. The summed E-state index contributed by atoms with van der Waals surface area (Å²) in [7, 11) is -3.10. The summed E-state index contributed by atoms with van der Waals surface area (Å²) in [4.78, 5) is 14.2. The van der Waals surface area contributed by atoms with Crippen LogP contribution in [0.1, 0.15) is 31.9 Å². The van der Waals surface area contributed by atoms with Gasteiger partial charge in [0.1, 0.15) is 5.76 Å². The highest BCUT2D eigenvalue weighted by molar-refractivity contribution is 7.92. The van der Waals surface area contributed by atoms with Crippen molar-refractivity contribution in [2.75, 3.05) is 18.8 Å². The monoisotopic (exact) mass is 297 g/mol. The van der Waals surface area contributed by atoms with Gasteiger partial charge in [0, 0.05) is 24.9 Å². The van der Waals surface area contributed by atoms with Crippen LogP contribution in [0.4, 0.5) is 0 Å². The van der Waals surface area contributed by atoms with Crippen LogP contribution >= 0.6 is 0 Å². The van der Waals surface area contributed by atoms with Crippen LogP contribution in [0.25, 0.3) is 0 Å². The second kappa shape index (κ2) is 4.35. The molecule has 0 radical (unpaired) electrons. The van der Waals surface area contributed by atoms with Crippen molar-refractivity contribution in [3.8, 4) is 0 Å². The van der Waals surface area contributed by atoms with Crippen molar-refractivity contribution in [3.05, 3.63) is 24.2 Å². The SMILES string of the molecule is CC1(C)CN(C(=O)[C@H]2C[C@H]2c2ccco2)CCS1(=O)=O. The molecule has 3 rings (SSSR count). The molecule has 2 heterocycles. The molecule has 0 bridgehead atoms. The smallest absolute Gasteiger partial charge is 0.226 e. The first-order valence-corrected chi connectivity index (χ1v) is 8.51. The van der Waals surface area contributed by atoms with Crippen molar-refractivity contribution in [2.45, 2.75) is 30.9 Å².